The lowest BCUT2D eigenvalue weighted by atomic mass is 9.81. The van der Waals surface area contributed by atoms with Crippen molar-refractivity contribution in [1.29, 1.82) is 0 Å². The van der Waals surface area contributed by atoms with Gasteiger partial charge in [-0.25, -0.2) is 0 Å². The fourth-order valence-corrected chi connectivity index (χ4v) is 4.03. The lowest BCUT2D eigenvalue weighted by Gasteiger charge is -2.48. The Balaban J connectivity index is 1.50. The molecule has 2 unspecified atom stereocenters. The first kappa shape index (κ1) is 15.6. The molecule has 3 aliphatic heterocycles. The van der Waals surface area contributed by atoms with Gasteiger partial charge in [-0.15, -0.1) is 10.2 Å². The van der Waals surface area contributed by atoms with E-state index in [0.717, 1.165) is 11.3 Å². The van der Waals surface area contributed by atoms with Crippen LogP contribution < -0.4 is 4.74 Å². The van der Waals surface area contributed by atoms with E-state index in [9.17, 15) is 0 Å². The Kier molecular flexibility index (Phi) is 4.01. The SMILES string of the molecule is Cc1ccc(-c2ccc(OC3C4CCN(CC4)C3C)nn2)cc1C. The second kappa shape index (κ2) is 6.17. The first-order chi connectivity index (χ1) is 11.6. The van der Waals surface area contributed by atoms with Gasteiger partial charge in [0.1, 0.15) is 6.10 Å². The van der Waals surface area contributed by atoms with Crippen LogP contribution in [0.4, 0.5) is 0 Å². The van der Waals surface area contributed by atoms with Gasteiger partial charge in [-0.3, -0.25) is 4.90 Å². The third-order valence-electron chi connectivity index (χ3n) is 5.79. The summed E-state index contributed by atoms with van der Waals surface area (Å²) in [5, 5.41) is 8.71. The van der Waals surface area contributed by atoms with Crippen molar-refractivity contribution in [3.05, 3.63) is 41.5 Å². The maximum atomic E-state index is 6.22. The number of aromatic nitrogens is 2. The standard InChI is InChI=1S/C20H25N3O/c1-13-4-5-17(12-14(13)2)18-6-7-19(22-21-18)24-20-15(3)23-10-8-16(20)9-11-23/h4-7,12,15-16,20H,8-11H2,1-3H3. The first-order valence-corrected chi connectivity index (χ1v) is 8.94. The molecule has 0 radical (unpaired) electrons. The van der Waals surface area contributed by atoms with Gasteiger partial charge in [0, 0.05) is 17.7 Å². The van der Waals surface area contributed by atoms with Gasteiger partial charge in [0.2, 0.25) is 5.88 Å². The highest BCUT2D eigenvalue weighted by molar-refractivity contribution is 5.60. The molecule has 4 nitrogen and oxygen atoms in total. The number of nitrogens with zero attached hydrogens (tertiary/aromatic N) is 3. The van der Waals surface area contributed by atoms with E-state index in [0.29, 0.717) is 17.8 Å². The molecule has 1 aromatic carbocycles. The monoisotopic (exact) mass is 323 g/mol. The number of hydrogen-bond acceptors (Lipinski definition) is 4. The van der Waals surface area contributed by atoms with Crippen LogP contribution in [-0.4, -0.2) is 40.3 Å². The van der Waals surface area contributed by atoms with Crippen molar-refractivity contribution in [2.45, 2.75) is 45.8 Å². The van der Waals surface area contributed by atoms with Gasteiger partial charge in [0.15, 0.2) is 0 Å². The Bertz CT molecular complexity index is 718. The molecule has 5 rings (SSSR count). The molecule has 2 atom stereocenters. The number of benzene rings is 1. The van der Waals surface area contributed by atoms with E-state index in [4.69, 9.17) is 4.74 Å². The topological polar surface area (TPSA) is 38.2 Å². The van der Waals surface area contributed by atoms with Crippen molar-refractivity contribution in [3.63, 3.8) is 0 Å². The van der Waals surface area contributed by atoms with Crippen molar-refractivity contribution < 1.29 is 4.74 Å². The maximum Gasteiger partial charge on any atom is 0.233 e. The summed E-state index contributed by atoms with van der Waals surface area (Å²) in [6.07, 6.45) is 2.72. The summed E-state index contributed by atoms with van der Waals surface area (Å²) < 4.78 is 6.22. The summed E-state index contributed by atoms with van der Waals surface area (Å²) in [6.45, 7) is 8.94. The van der Waals surface area contributed by atoms with E-state index < -0.39 is 0 Å². The molecule has 0 spiro atoms. The number of hydrogen-bond donors (Lipinski definition) is 0. The minimum absolute atomic E-state index is 0.245. The summed E-state index contributed by atoms with van der Waals surface area (Å²) in [4.78, 5) is 2.53. The molecule has 0 saturated carbocycles. The Morgan fingerprint density at radius 2 is 1.79 bits per heavy atom. The van der Waals surface area contributed by atoms with Crippen molar-refractivity contribution in [2.24, 2.45) is 5.92 Å². The molecule has 4 heteroatoms. The second-order valence-corrected chi connectivity index (χ2v) is 7.25. The molecule has 0 aliphatic carbocycles. The van der Waals surface area contributed by atoms with Gasteiger partial charge in [-0.05, 0) is 75.9 Å². The highest BCUT2D eigenvalue weighted by atomic mass is 16.5. The Labute approximate surface area is 143 Å². The molecule has 0 amide bonds. The number of ether oxygens (including phenoxy) is 1. The molecule has 126 valence electrons. The summed E-state index contributed by atoms with van der Waals surface area (Å²) in [5.41, 5.74) is 4.57. The molecule has 24 heavy (non-hydrogen) atoms. The molecule has 2 bridgehead atoms. The van der Waals surface area contributed by atoms with Crippen LogP contribution in [0.5, 0.6) is 5.88 Å². The van der Waals surface area contributed by atoms with Crippen LogP contribution in [0.25, 0.3) is 11.3 Å². The van der Waals surface area contributed by atoms with Crippen molar-refractivity contribution in [3.8, 4) is 17.1 Å². The van der Waals surface area contributed by atoms with E-state index in [2.05, 4.69) is 54.1 Å². The zero-order valence-electron chi connectivity index (χ0n) is 14.7. The molecule has 3 aliphatic rings. The molecule has 2 aromatic rings. The van der Waals surface area contributed by atoms with Crippen molar-refractivity contribution >= 4 is 0 Å². The molecular weight excluding hydrogens is 298 g/mol. The van der Waals surface area contributed by atoms with Gasteiger partial charge in [0.25, 0.3) is 0 Å². The van der Waals surface area contributed by atoms with E-state index in [1.54, 1.807) is 0 Å². The number of aryl methyl sites for hydroxylation is 2. The number of rotatable bonds is 3. The van der Waals surface area contributed by atoms with E-state index >= 15 is 0 Å². The van der Waals surface area contributed by atoms with Gasteiger partial charge in [0.05, 0.1) is 5.69 Å². The minimum atomic E-state index is 0.245. The zero-order valence-corrected chi connectivity index (χ0v) is 14.7. The van der Waals surface area contributed by atoms with Crippen LogP contribution >= 0.6 is 0 Å². The van der Waals surface area contributed by atoms with Crippen molar-refractivity contribution in [2.75, 3.05) is 13.1 Å². The molecule has 4 heterocycles. The van der Waals surface area contributed by atoms with Gasteiger partial charge < -0.3 is 4.74 Å². The summed E-state index contributed by atoms with van der Waals surface area (Å²) >= 11 is 0. The molecule has 1 aromatic heterocycles. The third-order valence-corrected chi connectivity index (χ3v) is 5.79. The second-order valence-electron chi connectivity index (χ2n) is 7.25. The van der Waals surface area contributed by atoms with Crippen LogP contribution in [-0.2, 0) is 0 Å². The minimum Gasteiger partial charge on any atom is -0.471 e. The smallest absolute Gasteiger partial charge is 0.233 e. The van der Waals surface area contributed by atoms with E-state index in [-0.39, 0.29) is 6.10 Å². The largest absolute Gasteiger partial charge is 0.471 e. The fourth-order valence-electron chi connectivity index (χ4n) is 4.03. The molecule has 3 fully saturated rings. The summed E-state index contributed by atoms with van der Waals surface area (Å²) in [7, 11) is 0. The predicted octanol–water partition coefficient (Wildman–Crippen LogP) is 3.62. The molecule has 3 saturated heterocycles. The highest BCUT2D eigenvalue weighted by Crippen LogP contribution is 2.34. The quantitative estimate of drug-likeness (QED) is 0.865. The zero-order chi connectivity index (χ0) is 16.7. The average molecular weight is 323 g/mol. The van der Waals surface area contributed by atoms with Gasteiger partial charge in [-0.2, -0.15) is 0 Å². The van der Waals surface area contributed by atoms with Crippen molar-refractivity contribution in [1.82, 2.24) is 15.1 Å². The normalized spacial score (nSPS) is 28.8. The van der Waals surface area contributed by atoms with Gasteiger partial charge >= 0.3 is 0 Å². The Morgan fingerprint density at radius 1 is 1.00 bits per heavy atom. The average Bonchev–Trinajstić information content (AvgIpc) is 2.61. The molecular formula is C20H25N3O. The third kappa shape index (κ3) is 2.80. The predicted molar refractivity (Wildman–Crippen MR) is 95.1 cm³/mol. The Hall–Kier alpha value is -1.94. The summed E-state index contributed by atoms with van der Waals surface area (Å²) in [6, 6.07) is 10.8. The van der Waals surface area contributed by atoms with Crippen LogP contribution in [0.1, 0.15) is 30.9 Å². The fraction of sp³-hybridized carbons (Fsp3) is 0.500. The lowest BCUT2D eigenvalue weighted by molar-refractivity contribution is -0.0528. The number of fused-ring (bicyclic) bond motifs is 3. The van der Waals surface area contributed by atoms with E-state index in [1.807, 2.05) is 12.1 Å². The van der Waals surface area contributed by atoms with Crippen LogP contribution in [0.3, 0.4) is 0 Å². The highest BCUT2D eigenvalue weighted by Gasteiger charge is 2.41. The van der Waals surface area contributed by atoms with Gasteiger partial charge in [-0.1, -0.05) is 12.1 Å². The van der Waals surface area contributed by atoms with Crippen LogP contribution in [0, 0.1) is 19.8 Å². The maximum absolute atomic E-state index is 6.22. The lowest BCUT2D eigenvalue weighted by Crippen LogP contribution is -2.58. The Morgan fingerprint density at radius 3 is 2.42 bits per heavy atom. The molecule has 0 N–H and O–H groups in total. The first-order valence-electron chi connectivity index (χ1n) is 8.94. The van der Waals surface area contributed by atoms with Crippen LogP contribution in [0.15, 0.2) is 30.3 Å². The van der Waals surface area contributed by atoms with Crippen LogP contribution in [0.2, 0.25) is 0 Å². The summed E-state index contributed by atoms with van der Waals surface area (Å²) in [5.74, 6) is 1.31. The van der Waals surface area contributed by atoms with E-state index in [1.165, 1.54) is 37.1 Å². The number of piperidine rings is 3.